The maximum absolute atomic E-state index is 2.40. The lowest BCUT2D eigenvalue weighted by Gasteiger charge is -2.22. The van der Waals surface area contributed by atoms with Gasteiger partial charge in [-0.25, -0.2) is 0 Å². The number of hydrogen-bond acceptors (Lipinski definition) is 0. The fourth-order valence-corrected chi connectivity index (χ4v) is 2.70. The van der Waals surface area contributed by atoms with Crippen molar-refractivity contribution >= 4 is 13.3 Å². The van der Waals surface area contributed by atoms with Gasteiger partial charge in [-0.15, -0.1) is 0 Å². The van der Waals surface area contributed by atoms with E-state index in [1.807, 2.05) is 0 Å². The third kappa shape index (κ3) is 2.34. The third-order valence-electron chi connectivity index (χ3n) is 3.92. The topological polar surface area (TPSA) is 0 Å². The molecule has 1 heteroatoms. The second-order valence-electron chi connectivity index (χ2n) is 5.41. The van der Waals surface area contributed by atoms with E-state index in [4.69, 9.17) is 0 Å². The molecule has 0 amide bonds. The first-order valence-electron chi connectivity index (χ1n) is 6.50. The third-order valence-corrected chi connectivity index (χ3v) is 3.92. The van der Waals surface area contributed by atoms with Gasteiger partial charge in [-0.2, -0.15) is 0 Å². The van der Waals surface area contributed by atoms with E-state index in [1.54, 1.807) is 5.56 Å². The average Bonchev–Trinajstić information content (AvgIpc) is 2.22. The van der Waals surface area contributed by atoms with Gasteiger partial charge in [-0.05, 0) is 54.4 Å². The van der Waals surface area contributed by atoms with E-state index >= 15 is 0 Å². The second kappa shape index (κ2) is 5.08. The molecule has 0 bridgehead atoms. The second-order valence-corrected chi connectivity index (χ2v) is 5.41. The van der Waals surface area contributed by atoms with E-state index in [0.717, 1.165) is 0 Å². The lowest BCUT2D eigenvalue weighted by atomic mass is 9.76. The van der Waals surface area contributed by atoms with Crippen molar-refractivity contribution in [1.29, 1.82) is 0 Å². The minimum atomic E-state index is 0.628. The SMILES string of the molecule is Bc1cc(C(C)C)c(C)c(C)c1C(C)CC. The Bertz CT molecular complexity index is 378. The van der Waals surface area contributed by atoms with E-state index in [9.17, 15) is 0 Å². The molecule has 1 aromatic carbocycles. The predicted molar refractivity (Wildman–Crippen MR) is 76.9 cm³/mol. The summed E-state index contributed by atoms with van der Waals surface area (Å²) >= 11 is 0. The molecule has 1 rings (SSSR count). The molecule has 0 N–H and O–H groups in total. The van der Waals surface area contributed by atoms with Gasteiger partial charge in [-0.1, -0.05) is 39.2 Å². The van der Waals surface area contributed by atoms with Crippen LogP contribution in [0.15, 0.2) is 6.07 Å². The van der Waals surface area contributed by atoms with Gasteiger partial charge in [0.25, 0.3) is 0 Å². The van der Waals surface area contributed by atoms with Gasteiger partial charge in [0, 0.05) is 0 Å². The van der Waals surface area contributed by atoms with Crippen LogP contribution in [0.3, 0.4) is 0 Å². The van der Waals surface area contributed by atoms with Crippen molar-refractivity contribution < 1.29 is 0 Å². The van der Waals surface area contributed by atoms with Crippen LogP contribution in [0.5, 0.6) is 0 Å². The van der Waals surface area contributed by atoms with Crippen molar-refractivity contribution in [3.63, 3.8) is 0 Å². The summed E-state index contributed by atoms with van der Waals surface area (Å²) < 4.78 is 0. The van der Waals surface area contributed by atoms with Gasteiger partial charge in [0.2, 0.25) is 0 Å². The van der Waals surface area contributed by atoms with Crippen molar-refractivity contribution in [3.05, 3.63) is 28.3 Å². The molecule has 0 aliphatic rings. The lowest BCUT2D eigenvalue weighted by Crippen LogP contribution is -2.18. The molecule has 16 heavy (non-hydrogen) atoms. The Morgan fingerprint density at radius 1 is 1.12 bits per heavy atom. The van der Waals surface area contributed by atoms with Crippen molar-refractivity contribution in [3.8, 4) is 0 Å². The largest absolute Gasteiger partial charge is 0.139 e. The predicted octanol–water partition coefficient (Wildman–Crippen LogP) is 3.20. The molecule has 1 atom stereocenters. The van der Waals surface area contributed by atoms with Crippen LogP contribution < -0.4 is 5.46 Å². The Morgan fingerprint density at radius 3 is 2.12 bits per heavy atom. The van der Waals surface area contributed by atoms with Crippen molar-refractivity contribution in [2.24, 2.45) is 0 Å². The van der Waals surface area contributed by atoms with Gasteiger partial charge >= 0.3 is 0 Å². The Balaban J connectivity index is 3.40. The Kier molecular flexibility index (Phi) is 4.24. The molecule has 88 valence electrons. The molecular formula is C15H25B. The summed E-state index contributed by atoms with van der Waals surface area (Å²) in [7, 11) is 2.26. The normalized spacial score (nSPS) is 13.2. The minimum Gasteiger partial charge on any atom is -0.0850 e. The zero-order valence-electron chi connectivity index (χ0n) is 11.9. The maximum atomic E-state index is 2.40. The summed E-state index contributed by atoms with van der Waals surface area (Å²) in [5, 5.41) is 0. The van der Waals surface area contributed by atoms with Crippen LogP contribution >= 0.6 is 0 Å². The Labute approximate surface area is 102 Å². The van der Waals surface area contributed by atoms with Gasteiger partial charge in [-0.3, -0.25) is 0 Å². The monoisotopic (exact) mass is 216 g/mol. The summed E-state index contributed by atoms with van der Waals surface area (Å²) in [5.41, 5.74) is 7.57. The van der Waals surface area contributed by atoms with Crippen LogP contribution in [0.25, 0.3) is 0 Å². The van der Waals surface area contributed by atoms with Gasteiger partial charge in [0.1, 0.15) is 7.85 Å². The first-order valence-corrected chi connectivity index (χ1v) is 6.50. The highest BCUT2D eigenvalue weighted by Crippen LogP contribution is 2.27. The summed E-state index contributed by atoms with van der Waals surface area (Å²) in [5.74, 6) is 1.31. The number of rotatable bonds is 3. The van der Waals surface area contributed by atoms with Gasteiger partial charge < -0.3 is 0 Å². The molecular weight excluding hydrogens is 191 g/mol. The first-order chi connectivity index (χ1) is 7.40. The molecule has 0 saturated carbocycles. The van der Waals surface area contributed by atoms with E-state index in [-0.39, 0.29) is 0 Å². The standard InChI is InChI=1S/C15H25B/c1-7-10(4)15-12(6)11(5)13(9(2)3)8-14(15)16/h8-10H,7,16H2,1-6H3. The first kappa shape index (κ1) is 13.4. The highest BCUT2D eigenvalue weighted by Gasteiger charge is 2.15. The number of hydrogen-bond donors (Lipinski definition) is 0. The molecule has 0 nitrogen and oxygen atoms in total. The highest BCUT2D eigenvalue weighted by molar-refractivity contribution is 6.33. The van der Waals surface area contributed by atoms with Crippen LogP contribution in [0, 0.1) is 13.8 Å². The molecule has 0 aliphatic heterocycles. The molecule has 0 heterocycles. The molecule has 0 radical (unpaired) electrons. The van der Waals surface area contributed by atoms with Crippen molar-refractivity contribution in [1.82, 2.24) is 0 Å². The zero-order chi connectivity index (χ0) is 12.5. The quantitative estimate of drug-likeness (QED) is 0.680. The van der Waals surface area contributed by atoms with E-state index in [2.05, 4.69) is 55.5 Å². The minimum absolute atomic E-state index is 0.628. The van der Waals surface area contributed by atoms with Crippen LogP contribution in [0.1, 0.15) is 68.2 Å². The molecule has 0 saturated heterocycles. The fourth-order valence-electron chi connectivity index (χ4n) is 2.70. The summed E-state index contributed by atoms with van der Waals surface area (Å²) in [6.07, 6.45) is 1.22. The number of benzene rings is 1. The highest BCUT2D eigenvalue weighted by atomic mass is 14.2. The fraction of sp³-hybridized carbons (Fsp3) is 0.600. The smallest absolute Gasteiger partial charge is 0.0850 e. The molecule has 1 unspecified atom stereocenters. The van der Waals surface area contributed by atoms with Crippen LogP contribution in [-0.4, -0.2) is 7.85 Å². The molecule has 1 aromatic rings. The zero-order valence-corrected chi connectivity index (χ0v) is 11.9. The molecule has 0 spiro atoms. The van der Waals surface area contributed by atoms with Gasteiger partial charge in [0.05, 0.1) is 0 Å². The summed E-state index contributed by atoms with van der Waals surface area (Å²) in [4.78, 5) is 0. The van der Waals surface area contributed by atoms with E-state index < -0.39 is 0 Å². The molecule has 0 fully saturated rings. The van der Waals surface area contributed by atoms with Gasteiger partial charge in [0.15, 0.2) is 0 Å². The van der Waals surface area contributed by atoms with Crippen molar-refractivity contribution in [2.45, 2.75) is 59.8 Å². The van der Waals surface area contributed by atoms with E-state index in [0.29, 0.717) is 11.8 Å². The van der Waals surface area contributed by atoms with Crippen LogP contribution in [-0.2, 0) is 0 Å². The molecule has 0 aliphatic carbocycles. The molecule has 0 aromatic heterocycles. The maximum Gasteiger partial charge on any atom is 0.139 e. The Morgan fingerprint density at radius 2 is 1.69 bits per heavy atom. The van der Waals surface area contributed by atoms with Crippen LogP contribution in [0.2, 0.25) is 0 Å². The van der Waals surface area contributed by atoms with Crippen molar-refractivity contribution in [2.75, 3.05) is 0 Å². The summed E-state index contributed by atoms with van der Waals surface area (Å²) in [6.45, 7) is 13.7. The Hall–Kier alpha value is -0.715. The van der Waals surface area contributed by atoms with Crippen LogP contribution in [0.4, 0.5) is 0 Å². The summed E-state index contributed by atoms with van der Waals surface area (Å²) in [6, 6.07) is 2.40. The van der Waals surface area contributed by atoms with E-state index in [1.165, 1.54) is 28.6 Å². The average molecular weight is 216 g/mol. The lowest BCUT2D eigenvalue weighted by molar-refractivity contribution is 0.729.